The summed E-state index contributed by atoms with van der Waals surface area (Å²) in [6.07, 6.45) is 7.91. The average Bonchev–Trinajstić information content (AvgIpc) is 2.25. The van der Waals surface area contributed by atoms with Crippen LogP contribution in [-0.4, -0.2) is 11.4 Å². The highest BCUT2D eigenvalue weighted by Gasteiger charge is 2.12. The van der Waals surface area contributed by atoms with Gasteiger partial charge in [0.15, 0.2) is 0 Å². The Bertz CT molecular complexity index is 301. The minimum Gasteiger partial charge on any atom is -0.310 e. The summed E-state index contributed by atoms with van der Waals surface area (Å²) in [4.78, 5) is 0. The highest BCUT2D eigenvalue weighted by Crippen LogP contribution is 2.24. The number of hydrogen-bond acceptors (Lipinski definition) is 2. The van der Waals surface area contributed by atoms with E-state index in [-0.39, 0.29) is 0 Å². The van der Waals surface area contributed by atoms with E-state index in [9.17, 15) is 0 Å². The van der Waals surface area contributed by atoms with E-state index in [1.54, 1.807) is 0 Å². The third-order valence-corrected chi connectivity index (χ3v) is 3.27. The van der Waals surface area contributed by atoms with Gasteiger partial charge >= 0.3 is 0 Å². The highest BCUT2D eigenvalue weighted by atomic mass is 14.4. The lowest BCUT2D eigenvalue weighted by Gasteiger charge is -2.16. The summed E-state index contributed by atoms with van der Waals surface area (Å²) in [5, 5.41) is 15.1. The number of rotatable bonds is 0. The van der Waals surface area contributed by atoms with Gasteiger partial charge in [0.1, 0.15) is 0 Å². The normalized spacial score (nSPS) is 22.9. The molecule has 0 atom stereocenters. The van der Waals surface area contributed by atoms with Gasteiger partial charge in [0.25, 0.3) is 0 Å². The Kier molecular flexibility index (Phi) is 3.17. The van der Waals surface area contributed by atoms with Gasteiger partial charge in [-0.05, 0) is 62.5 Å². The summed E-state index contributed by atoms with van der Waals surface area (Å²) in [7, 11) is 0. The molecule has 80 valence electrons. The molecular formula is C13H18N2. The molecule has 0 aromatic rings. The van der Waals surface area contributed by atoms with E-state index in [1.165, 1.54) is 11.1 Å². The third kappa shape index (κ3) is 2.90. The predicted molar refractivity (Wildman–Crippen MR) is 62.9 cm³/mol. The molecule has 0 radical (unpaired) electrons. The molecule has 0 aromatic heterocycles. The Labute approximate surface area is 91.1 Å². The summed E-state index contributed by atoms with van der Waals surface area (Å²) in [5.41, 5.74) is 8.16. The first-order valence-corrected chi connectivity index (χ1v) is 5.83. The molecular weight excluding hydrogens is 184 g/mol. The molecule has 2 rings (SSSR count). The van der Waals surface area contributed by atoms with Crippen LogP contribution in [0.4, 0.5) is 0 Å². The first-order chi connectivity index (χ1) is 7.24. The first-order valence-electron chi connectivity index (χ1n) is 5.83. The fraction of sp³-hybridized carbons (Fsp3) is 0.615. The maximum absolute atomic E-state index is 7.55. The van der Waals surface area contributed by atoms with Crippen molar-refractivity contribution in [2.45, 2.75) is 51.4 Å². The Hall–Kier alpha value is -1.14. The summed E-state index contributed by atoms with van der Waals surface area (Å²) in [6.45, 7) is 0. The van der Waals surface area contributed by atoms with Gasteiger partial charge in [-0.15, -0.1) is 5.73 Å². The molecule has 2 aliphatic rings. The molecule has 2 nitrogen and oxygen atoms in total. The van der Waals surface area contributed by atoms with Crippen molar-refractivity contribution in [2.24, 2.45) is 0 Å². The second-order valence-corrected chi connectivity index (χ2v) is 4.54. The van der Waals surface area contributed by atoms with Crippen molar-refractivity contribution in [3.8, 4) is 0 Å². The van der Waals surface area contributed by atoms with Gasteiger partial charge < -0.3 is 10.8 Å². The zero-order valence-corrected chi connectivity index (χ0v) is 9.16. The fourth-order valence-electron chi connectivity index (χ4n) is 2.21. The zero-order chi connectivity index (χ0) is 10.7. The Balaban J connectivity index is 2.04. The fourth-order valence-corrected chi connectivity index (χ4v) is 2.21. The number of allylic oxidation sites excluding steroid dienone is 1. The topological polar surface area (TPSA) is 47.7 Å². The van der Waals surface area contributed by atoms with Crippen molar-refractivity contribution in [1.82, 2.24) is 0 Å². The van der Waals surface area contributed by atoms with Crippen LogP contribution in [0.3, 0.4) is 0 Å². The Morgan fingerprint density at radius 1 is 0.600 bits per heavy atom. The molecule has 0 saturated heterocycles. The van der Waals surface area contributed by atoms with Gasteiger partial charge in [-0.3, -0.25) is 0 Å². The van der Waals surface area contributed by atoms with Crippen molar-refractivity contribution < 1.29 is 0 Å². The standard InChI is InChI=1S/C13H18N2/c14-12-5-1-10(2-6-12)9-11-3-7-13(15)8-4-11/h14-15H,1-8H2. The highest BCUT2D eigenvalue weighted by molar-refractivity contribution is 5.83. The van der Waals surface area contributed by atoms with Crippen LogP contribution < -0.4 is 0 Å². The van der Waals surface area contributed by atoms with E-state index >= 15 is 0 Å². The van der Waals surface area contributed by atoms with Crippen LogP contribution >= 0.6 is 0 Å². The van der Waals surface area contributed by atoms with Crippen LogP contribution in [0.15, 0.2) is 16.9 Å². The van der Waals surface area contributed by atoms with Crippen molar-refractivity contribution in [2.75, 3.05) is 0 Å². The maximum atomic E-state index is 7.55. The molecule has 0 bridgehead atoms. The summed E-state index contributed by atoms with van der Waals surface area (Å²) >= 11 is 0. The van der Waals surface area contributed by atoms with Crippen molar-refractivity contribution in [3.63, 3.8) is 0 Å². The van der Waals surface area contributed by atoms with Gasteiger partial charge in [-0.2, -0.15) is 0 Å². The molecule has 0 aromatic carbocycles. The molecule has 0 unspecified atom stereocenters. The summed E-state index contributed by atoms with van der Waals surface area (Å²) in [6, 6.07) is 0. The van der Waals surface area contributed by atoms with Crippen LogP contribution in [0.2, 0.25) is 0 Å². The smallest absolute Gasteiger partial charge is 0.00959 e. The van der Waals surface area contributed by atoms with Crippen LogP contribution in [0.5, 0.6) is 0 Å². The van der Waals surface area contributed by atoms with Gasteiger partial charge in [0.2, 0.25) is 0 Å². The maximum Gasteiger partial charge on any atom is 0.00959 e. The van der Waals surface area contributed by atoms with Gasteiger partial charge in [0.05, 0.1) is 0 Å². The average molecular weight is 202 g/mol. The molecule has 0 spiro atoms. The molecule has 0 heterocycles. The van der Waals surface area contributed by atoms with Gasteiger partial charge in [-0.25, -0.2) is 0 Å². The number of nitrogens with one attached hydrogen (secondary N) is 2. The lowest BCUT2D eigenvalue weighted by molar-refractivity contribution is 0.796. The lowest BCUT2D eigenvalue weighted by Crippen LogP contribution is -2.07. The van der Waals surface area contributed by atoms with Crippen LogP contribution in [0, 0.1) is 10.8 Å². The third-order valence-electron chi connectivity index (χ3n) is 3.27. The molecule has 2 N–H and O–H groups in total. The van der Waals surface area contributed by atoms with Crippen molar-refractivity contribution >= 4 is 11.4 Å². The molecule has 0 aliphatic heterocycles. The molecule has 2 heteroatoms. The quantitative estimate of drug-likeness (QED) is 0.564. The number of hydrogen-bond donors (Lipinski definition) is 2. The molecule has 15 heavy (non-hydrogen) atoms. The van der Waals surface area contributed by atoms with Crippen molar-refractivity contribution in [3.05, 3.63) is 16.9 Å². The Morgan fingerprint density at radius 3 is 1.27 bits per heavy atom. The Morgan fingerprint density at radius 2 is 0.933 bits per heavy atom. The van der Waals surface area contributed by atoms with Gasteiger partial charge in [-0.1, -0.05) is 0 Å². The van der Waals surface area contributed by atoms with E-state index in [2.05, 4.69) is 5.73 Å². The molecule has 0 amide bonds. The van der Waals surface area contributed by atoms with E-state index in [4.69, 9.17) is 10.8 Å². The molecule has 2 fully saturated rings. The van der Waals surface area contributed by atoms with Crippen molar-refractivity contribution in [1.29, 1.82) is 10.8 Å². The molecule has 2 saturated carbocycles. The predicted octanol–water partition coefficient (Wildman–Crippen LogP) is 3.63. The largest absolute Gasteiger partial charge is 0.310 e. The minimum atomic E-state index is 0.899. The minimum absolute atomic E-state index is 0.899. The zero-order valence-electron chi connectivity index (χ0n) is 9.16. The van der Waals surface area contributed by atoms with Crippen LogP contribution in [-0.2, 0) is 0 Å². The van der Waals surface area contributed by atoms with Crippen LogP contribution in [0.25, 0.3) is 0 Å². The first kappa shape index (κ1) is 10.4. The van der Waals surface area contributed by atoms with Crippen LogP contribution in [0.1, 0.15) is 51.4 Å². The van der Waals surface area contributed by atoms with Gasteiger partial charge in [0, 0.05) is 11.4 Å². The summed E-state index contributed by atoms with van der Waals surface area (Å²) < 4.78 is 0. The SMILES string of the molecule is N=C1CCC(=C=C2CCC(=N)CC2)CC1. The van der Waals surface area contributed by atoms with E-state index in [1.807, 2.05) is 0 Å². The van der Waals surface area contributed by atoms with E-state index in [0.29, 0.717) is 0 Å². The second kappa shape index (κ2) is 4.59. The second-order valence-electron chi connectivity index (χ2n) is 4.54. The lowest BCUT2D eigenvalue weighted by atomic mass is 9.90. The van der Waals surface area contributed by atoms with E-state index in [0.717, 1.165) is 62.8 Å². The summed E-state index contributed by atoms with van der Waals surface area (Å²) in [5.74, 6) is 0. The molecule has 2 aliphatic carbocycles. The monoisotopic (exact) mass is 202 g/mol. The van der Waals surface area contributed by atoms with E-state index < -0.39 is 0 Å².